The summed E-state index contributed by atoms with van der Waals surface area (Å²) in [5.41, 5.74) is 15.8. The third kappa shape index (κ3) is 9.47. The van der Waals surface area contributed by atoms with Crippen LogP contribution in [0.5, 0.6) is 5.75 Å². The summed E-state index contributed by atoms with van der Waals surface area (Å²) < 4.78 is 19.8. The van der Waals surface area contributed by atoms with Crippen LogP contribution in [0.4, 0.5) is 0 Å². The molecule has 3 aliphatic rings. The minimum Gasteiger partial charge on any atom is -0.508 e. The van der Waals surface area contributed by atoms with Gasteiger partial charge in [0.25, 0.3) is 11.8 Å². The highest BCUT2D eigenvalue weighted by atomic mass is 16.5. The number of aromatic hydroxyl groups is 1. The van der Waals surface area contributed by atoms with Gasteiger partial charge in [-0.05, 0) is 104 Å². The summed E-state index contributed by atoms with van der Waals surface area (Å²) in [6, 6.07) is 12.0. The molecule has 3 amide bonds. The van der Waals surface area contributed by atoms with Crippen molar-refractivity contribution in [1.82, 2.24) is 30.2 Å². The van der Waals surface area contributed by atoms with Crippen LogP contribution in [0.2, 0.25) is 0 Å². The molecule has 5 heterocycles. The second kappa shape index (κ2) is 18.8. The number of esters is 1. The maximum Gasteiger partial charge on any atom is 0.324 e. The lowest BCUT2D eigenvalue weighted by Crippen LogP contribution is -2.62. The topological polar surface area (TPSA) is 191 Å². The highest BCUT2D eigenvalue weighted by molar-refractivity contribution is 5.96. The van der Waals surface area contributed by atoms with E-state index in [2.05, 4.69) is 54.3 Å². The van der Waals surface area contributed by atoms with Gasteiger partial charge in [-0.2, -0.15) is 0 Å². The largest absolute Gasteiger partial charge is 0.508 e. The number of methoxy groups -OCH3 is 1. The van der Waals surface area contributed by atoms with Gasteiger partial charge in [-0.15, -0.1) is 0 Å². The zero-order valence-corrected chi connectivity index (χ0v) is 37.8. The van der Waals surface area contributed by atoms with Gasteiger partial charge in [-0.25, -0.2) is 5.43 Å². The van der Waals surface area contributed by atoms with Gasteiger partial charge in [0, 0.05) is 74.4 Å². The lowest BCUT2D eigenvalue weighted by atomic mass is 9.84. The summed E-state index contributed by atoms with van der Waals surface area (Å²) in [4.78, 5) is 62.7. The number of carbonyl (C=O) groups is 4. The summed E-state index contributed by atoms with van der Waals surface area (Å²) in [5.74, 6) is -2.23. The fourth-order valence-corrected chi connectivity index (χ4v) is 9.45. The molecule has 2 fully saturated rings. The number of nitrogens with one attached hydrogen (secondary N) is 2. The van der Waals surface area contributed by atoms with Gasteiger partial charge in [0.15, 0.2) is 6.10 Å². The van der Waals surface area contributed by atoms with Crippen molar-refractivity contribution in [2.75, 3.05) is 33.9 Å². The standard InChI is InChI=1S/C48H63N7O8/c1-9-54-39-15-14-30-24-34(39)35(42(54)33-12-10-17-50-40(33)28(4)61-8)25-48(5,6)26-63-47(60)37-13-11-18-55(52-37)45(58)38(22-29-20-31(30)23-32(56)21-29)51-44(57)41(27(2)3)53(7)46(59)43-36(49)16-19-62-43/h10,12,14-15,17,20-21,23-24,27-28,36-38,41,43,52,56H,9,11,13,16,18-19,22,25-26,49H2,1-8H3,(H,51,57)/t28-,36+,37-,38-,41?,43-/m0/s1. The number of nitrogens with two attached hydrogens (primary N) is 1. The fourth-order valence-electron chi connectivity index (χ4n) is 9.45. The molecule has 2 aromatic heterocycles. The Bertz CT molecular complexity index is 2360. The second-order valence-electron chi connectivity index (χ2n) is 18.4. The summed E-state index contributed by atoms with van der Waals surface area (Å²) in [6.07, 6.45) is 2.66. The Labute approximate surface area is 369 Å². The van der Waals surface area contributed by atoms with Gasteiger partial charge in [-0.3, -0.25) is 29.2 Å². The van der Waals surface area contributed by atoms with E-state index in [0.717, 1.165) is 44.5 Å². The van der Waals surface area contributed by atoms with Crippen LogP contribution in [0.15, 0.2) is 54.7 Å². The van der Waals surface area contributed by atoms with Crippen LogP contribution in [0.1, 0.15) is 83.7 Å². The van der Waals surface area contributed by atoms with Crippen LogP contribution in [0, 0.1) is 11.3 Å². The molecular formula is C48H63N7O8. The number of benzene rings is 2. The Balaban J connectivity index is 1.34. The molecule has 7 rings (SSSR count). The minimum atomic E-state index is -1.15. The molecule has 5 N–H and O–H groups in total. The lowest BCUT2D eigenvalue weighted by Gasteiger charge is -2.37. The van der Waals surface area contributed by atoms with Crippen LogP contribution >= 0.6 is 0 Å². The van der Waals surface area contributed by atoms with E-state index in [1.165, 1.54) is 9.91 Å². The van der Waals surface area contributed by atoms with E-state index in [0.29, 0.717) is 44.4 Å². The number of fused-ring (bicyclic) bond motifs is 6. The highest BCUT2D eigenvalue weighted by Crippen LogP contribution is 2.42. The molecule has 2 saturated heterocycles. The van der Waals surface area contributed by atoms with Crippen molar-refractivity contribution in [3.05, 3.63) is 71.5 Å². The van der Waals surface area contributed by atoms with Crippen LogP contribution in [0.25, 0.3) is 33.3 Å². The number of carbonyl (C=O) groups excluding carboxylic acids is 4. The number of aryl methyl sites for hydroxylation is 1. The monoisotopic (exact) mass is 865 g/mol. The zero-order chi connectivity index (χ0) is 45.3. The molecule has 1 unspecified atom stereocenters. The number of rotatable bonds is 9. The SMILES string of the molecule is CCn1c(-c2cccnc2[C@H](C)OC)c2c3cc(ccc31)-c1cc(O)cc(c1)C[C@H](NC(=O)C(C(C)C)N(C)C(=O)[C@H]1OCC[C@H]1N)C(=O)N1CCC[C@H](N1)C(=O)OCC(C)(C)C2. The molecule has 63 heavy (non-hydrogen) atoms. The van der Waals surface area contributed by atoms with Crippen LogP contribution in [-0.4, -0.2) is 112 Å². The Morgan fingerprint density at radius 3 is 2.59 bits per heavy atom. The van der Waals surface area contributed by atoms with E-state index in [9.17, 15) is 24.3 Å². The van der Waals surface area contributed by atoms with E-state index in [4.69, 9.17) is 24.9 Å². The smallest absolute Gasteiger partial charge is 0.324 e. The number of ether oxygens (including phenoxy) is 3. The van der Waals surface area contributed by atoms with E-state index in [1.807, 2.05) is 39.0 Å². The van der Waals surface area contributed by atoms with Crippen molar-refractivity contribution in [1.29, 1.82) is 0 Å². The molecule has 2 aromatic carbocycles. The third-order valence-corrected chi connectivity index (χ3v) is 12.7. The Hall–Kier alpha value is -5.35. The number of hydrogen-bond donors (Lipinski definition) is 4. The number of hydrogen-bond acceptors (Lipinski definition) is 11. The first-order chi connectivity index (χ1) is 30.0. The van der Waals surface area contributed by atoms with Crippen molar-refractivity contribution in [3.8, 4) is 28.1 Å². The first-order valence-electron chi connectivity index (χ1n) is 22.2. The van der Waals surface area contributed by atoms with Crippen LogP contribution in [0.3, 0.4) is 0 Å². The van der Waals surface area contributed by atoms with Crippen molar-refractivity contribution in [2.45, 2.75) is 117 Å². The fraction of sp³-hybridized carbons (Fsp3) is 0.521. The van der Waals surface area contributed by atoms with Gasteiger partial charge >= 0.3 is 5.97 Å². The summed E-state index contributed by atoms with van der Waals surface area (Å²) in [6.45, 7) is 13.3. The molecule has 0 radical (unpaired) electrons. The first kappa shape index (κ1) is 45.7. The number of pyridine rings is 1. The van der Waals surface area contributed by atoms with Gasteiger partial charge in [-0.1, -0.05) is 39.8 Å². The molecule has 15 heteroatoms. The average Bonchev–Trinajstić information content (AvgIpc) is 3.83. The first-order valence-corrected chi connectivity index (χ1v) is 22.2. The summed E-state index contributed by atoms with van der Waals surface area (Å²) in [7, 11) is 3.22. The number of phenols is 1. The molecule has 0 saturated carbocycles. The molecule has 0 spiro atoms. The molecule has 15 nitrogen and oxygen atoms in total. The maximum atomic E-state index is 14.6. The molecule has 4 aromatic rings. The predicted molar refractivity (Wildman–Crippen MR) is 239 cm³/mol. The molecule has 338 valence electrons. The normalized spacial score (nSPS) is 22.7. The number of cyclic esters (lactones) is 1. The minimum absolute atomic E-state index is 0.00212. The van der Waals surface area contributed by atoms with Crippen molar-refractivity contribution in [3.63, 3.8) is 0 Å². The van der Waals surface area contributed by atoms with E-state index in [-0.39, 0.29) is 37.3 Å². The molecule has 3 aliphatic heterocycles. The zero-order valence-electron chi connectivity index (χ0n) is 37.8. The average molecular weight is 866 g/mol. The molecule has 6 atom stereocenters. The quantitative estimate of drug-likeness (QED) is 0.165. The van der Waals surface area contributed by atoms with E-state index < -0.39 is 59.4 Å². The van der Waals surface area contributed by atoms with Crippen molar-refractivity contribution < 1.29 is 38.5 Å². The van der Waals surface area contributed by atoms with Crippen LogP contribution in [-0.2, 0) is 52.8 Å². The third-order valence-electron chi connectivity index (χ3n) is 12.7. The number of hydrazine groups is 1. The molecular weight excluding hydrogens is 803 g/mol. The van der Waals surface area contributed by atoms with Gasteiger partial charge in [0.2, 0.25) is 5.91 Å². The predicted octanol–water partition coefficient (Wildman–Crippen LogP) is 5.05. The molecule has 0 aliphatic carbocycles. The summed E-state index contributed by atoms with van der Waals surface area (Å²) >= 11 is 0. The van der Waals surface area contributed by atoms with E-state index in [1.54, 1.807) is 32.5 Å². The number of nitrogens with zero attached hydrogens (tertiary/aromatic N) is 4. The van der Waals surface area contributed by atoms with Crippen molar-refractivity contribution in [2.24, 2.45) is 17.1 Å². The maximum absolute atomic E-state index is 14.6. The van der Waals surface area contributed by atoms with Gasteiger partial charge in [0.05, 0.1) is 24.1 Å². The van der Waals surface area contributed by atoms with Gasteiger partial charge in [0.1, 0.15) is 23.9 Å². The van der Waals surface area contributed by atoms with Crippen molar-refractivity contribution >= 4 is 34.6 Å². The summed E-state index contributed by atoms with van der Waals surface area (Å²) in [5, 5.41) is 16.7. The number of amides is 3. The second-order valence-corrected chi connectivity index (χ2v) is 18.4. The Morgan fingerprint density at radius 2 is 1.89 bits per heavy atom. The number of aromatic nitrogens is 2. The molecule has 6 bridgehead atoms. The van der Waals surface area contributed by atoms with E-state index >= 15 is 0 Å². The lowest BCUT2D eigenvalue weighted by molar-refractivity contribution is -0.155. The van der Waals surface area contributed by atoms with Gasteiger partial charge < -0.3 is 39.8 Å². The Morgan fingerprint density at radius 1 is 1.11 bits per heavy atom. The number of likely N-dealkylation sites (N-methyl/N-ethyl adjacent to an activating group) is 1. The van der Waals surface area contributed by atoms with Crippen LogP contribution < -0.4 is 16.5 Å². The Kier molecular flexibility index (Phi) is 13.6. The highest BCUT2D eigenvalue weighted by Gasteiger charge is 2.41. The number of phenolic OH excluding ortho intramolecular Hbond substituents is 1.